The number of aromatic nitrogens is 3. The van der Waals surface area contributed by atoms with Crippen molar-refractivity contribution in [3.63, 3.8) is 0 Å². The number of anilines is 1. The van der Waals surface area contributed by atoms with Gasteiger partial charge in [0.15, 0.2) is 0 Å². The molecule has 4 rings (SSSR count). The summed E-state index contributed by atoms with van der Waals surface area (Å²) in [5.41, 5.74) is 2.63. The number of imidazole rings is 1. The lowest BCUT2D eigenvalue weighted by molar-refractivity contribution is -0.125. The number of carbonyl (C=O) groups is 1. The van der Waals surface area contributed by atoms with Crippen LogP contribution < -0.4 is 10.9 Å². The molecule has 1 aliphatic heterocycles. The first-order valence-corrected chi connectivity index (χ1v) is 11.8. The number of amides is 1. The minimum Gasteiger partial charge on any atom is -0.480 e. The van der Waals surface area contributed by atoms with Crippen LogP contribution in [-0.2, 0) is 16.1 Å². The van der Waals surface area contributed by atoms with E-state index in [2.05, 4.69) is 21.9 Å². The summed E-state index contributed by atoms with van der Waals surface area (Å²) < 4.78 is 9.17. The minimum atomic E-state index is -0.0482. The lowest BCUT2D eigenvalue weighted by atomic mass is 10.2. The Balaban J connectivity index is 1.69. The summed E-state index contributed by atoms with van der Waals surface area (Å²) in [6.45, 7) is 11.8. The molecule has 1 N–H and O–H groups in total. The Bertz CT molecular complexity index is 1210. The van der Waals surface area contributed by atoms with Crippen LogP contribution in [0, 0.1) is 17.8 Å². The van der Waals surface area contributed by atoms with Gasteiger partial charge in [0.25, 0.3) is 5.56 Å². The zero-order chi connectivity index (χ0) is 24.6. The standard InChI is InChI=1S/C25H34N6O3/c1-7-9-19(24(26-5)34-6)28-20-13-30(25(33)23-22(20)27-14-31(23)15(3)4)12-18-16-10-29(11-17(16)18)21(32)8-2/h8-9,13-18,28H,2,7,10-12H2,1,3-6H3/b19-9+,26-24?. The number of aliphatic imine (C=N–C) groups is 1. The maximum Gasteiger partial charge on any atom is 0.276 e. The quantitative estimate of drug-likeness (QED) is 0.367. The predicted octanol–water partition coefficient (Wildman–Crippen LogP) is 3.05. The van der Waals surface area contributed by atoms with Gasteiger partial charge in [-0.1, -0.05) is 19.6 Å². The van der Waals surface area contributed by atoms with Crippen LogP contribution in [0.5, 0.6) is 0 Å². The van der Waals surface area contributed by atoms with Gasteiger partial charge in [-0.2, -0.15) is 0 Å². The number of nitrogens with one attached hydrogen (secondary N) is 1. The van der Waals surface area contributed by atoms with Crippen molar-refractivity contribution in [1.82, 2.24) is 19.0 Å². The summed E-state index contributed by atoms with van der Waals surface area (Å²) in [6, 6.07) is 0.0950. The van der Waals surface area contributed by atoms with Crippen LogP contribution in [0.3, 0.4) is 0 Å². The van der Waals surface area contributed by atoms with Crippen molar-refractivity contribution in [2.75, 3.05) is 32.6 Å². The van der Waals surface area contributed by atoms with Crippen LogP contribution in [0.25, 0.3) is 11.0 Å². The van der Waals surface area contributed by atoms with Crippen molar-refractivity contribution in [2.45, 2.75) is 39.8 Å². The van der Waals surface area contributed by atoms with Crippen molar-refractivity contribution in [1.29, 1.82) is 0 Å². The van der Waals surface area contributed by atoms with E-state index in [9.17, 15) is 9.59 Å². The Morgan fingerprint density at radius 3 is 2.65 bits per heavy atom. The third-order valence-corrected chi connectivity index (χ3v) is 6.92. The molecule has 2 fully saturated rings. The van der Waals surface area contributed by atoms with Crippen LogP contribution in [0.1, 0.15) is 33.2 Å². The molecule has 2 aliphatic rings. The molecule has 1 saturated heterocycles. The molecular weight excluding hydrogens is 432 g/mol. The van der Waals surface area contributed by atoms with Gasteiger partial charge in [0, 0.05) is 38.9 Å². The number of hydrogen-bond acceptors (Lipinski definition) is 6. The zero-order valence-electron chi connectivity index (χ0n) is 20.6. The van der Waals surface area contributed by atoms with Gasteiger partial charge in [-0.25, -0.2) is 4.98 Å². The van der Waals surface area contributed by atoms with Crippen molar-refractivity contribution in [3.8, 4) is 0 Å². The smallest absolute Gasteiger partial charge is 0.276 e. The first-order valence-electron chi connectivity index (χ1n) is 11.8. The average molecular weight is 467 g/mol. The van der Waals surface area contributed by atoms with Crippen LogP contribution in [-0.4, -0.2) is 58.1 Å². The molecule has 9 nitrogen and oxygen atoms in total. The molecule has 0 radical (unpaired) electrons. The van der Waals surface area contributed by atoms with E-state index in [-0.39, 0.29) is 17.5 Å². The molecule has 1 amide bonds. The number of fused-ring (bicyclic) bond motifs is 2. The molecule has 2 atom stereocenters. The van der Waals surface area contributed by atoms with Gasteiger partial charge in [0.2, 0.25) is 11.8 Å². The number of methoxy groups -OCH3 is 1. The molecule has 1 saturated carbocycles. The number of nitrogens with zero attached hydrogens (tertiary/aromatic N) is 5. The van der Waals surface area contributed by atoms with Crippen molar-refractivity contribution < 1.29 is 9.53 Å². The Morgan fingerprint density at radius 2 is 2.09 bits per heavy atom. The summed E-state index contributed by atoms with van der Waals surface area (Å²) in [6.07, 6.45) is 7.75. The van der Waals surface area contributed by atoms with E-state index in [0.29, 0.717) is 41.2 Å². The van der Waals surface area contributed by atoms with Gasteiger partial charge < -0.3 is 24.1 Å². The monoisotopic (exact) mass is 466 g/mol. The SMILES string of the molecule is C=CC(=O)N1CC2C(C1)C2Cn1cc(N/C(=C/CC)C(=NC)OC)c2ncn(C(C)C)c2c1=O. The first-order chi connectivity index (χ1) is 16.3. The number of hydrogen-bond donors (Lipinski definition) is 1. The summed E-state index contributed by atoms with van der Waals surface area (Å²) in [4.78, 5) is 36.2. The number of piperidine rings is 1. The average Bonchev–Trinajstić information content (AvgIpc) is 3.18. The molecule has 2 unspecified atom stereocenters. The molecule has 0 bridgehead atoms. The Labute approximate surface area is 199 Å². The third kappa shape index (κ3) is 4.15. The highest BCUT2D eigenvalue weighted by Gasteiger charge is 2.56. The molecule has 1 aliphatic carbocycles. The van der Waals surface area contributed by atoms with Crippen LogP contribution in [0.4, 0.5) is 5.69 Å². The lowest BCUT2D eigenvalue weighted by Gasteiger charge is -2.19. The molecule has 182 valence electrons. The van der Waals surface area contributed by atoms with Gasteiger partial charge in [0.1, 0.15) is 11.0 Å². The fourth-order valence-electron chi connectivity index (χ4n) is 5.12. The largest absolute Gasteiger partial charge is 0.480 e. The highest BCUT2D eigenvalue weighted by Crippen LogP contribution is 2.52. The van der Waals surface area contributed by atoms with Crippen molar-refractivity contribution in [3.05, 3.63) is 47.3 Å². The van der Waals surface area contributed by atoms with E-state index in [1.807, 2.05) is 42.5 Å². The minimum absolute atomic E-state index is 0.0152. The van der Waals surface area contributed by atoms with Crippen LogP contribution >= 0.6 is 0 Å². The van der Waals surface area contributed by atoms with Gasteiger partial charge in [0.05, 0.1) is 24.8 Å². The number of pyridine rings is 1. The summed E-state index contributed by atoms with van der Waals surface area (Å²) >= 11 is 0. The maximum absolute atomic E-state index is 13.6. The van der Waals surface area contributed by atoms with Gasteiger partial charge in [-0.05, 0) is 44.1 Å². The molecular formula is C25H34N6O3. The zero-order valence-corrected chi connectivity index (χ0v) is 20.6. The summed E-state index contributed by atoms with van der Waals surface area (Å²) in [7, 11) is 3.27. The normalized spacial score (nSPS) is 22.3. The summed E-state index contributed by atoms with van der Waals surface area (Å²) in [5, 5.41) is 3.42. The maximum atomic E-state index is 13.6. The number of carbonyl (C=O) groups excluding carboxylic acids is 1. The molecule has 0 aromatic carbocycles. The number of ether oxygens (including phenoxy) is 1. The second-order valence-corrected chi connectivity index (χ2v) is 9.27. The molecule has 0 spiro atoms. The van der Waals surface area contributed by atoms with E-state index in [1.54, 1.807) is 25.1 Å². The number of likely N-dealkylation sites (tertiary alicyclic amines) is 1. The number of allylic oxidation sites excluding steroid dienone is 1. The third-order valence-electron chi connectivity index (χ3n) is 6.92. The summed E-state index contributed by atoms with van der Waals surface area (Å²) in [5.74, 6) is 1.71. The number of rotatable bonds is 8. The van der Waals surface area contributed by atoms with Crippen LogP contribution in [0.2, 0.25) is 0 Å². The van der Waals surface area contributed by atoms with E-state index >= 15 is 0 Å². The van der Waals surface area contributed by atoms with Crippen LogP contribution in [0.15, 0.2) is 46.7 Å². The Kier molecular flexibility index (Phi) is 6.63. The van der Waals surface area contributed by atoms with E-state index in [4.69, 9.17) is 4.74 Å². The molecule has 34 heavy (non-hydrogen) atoms. The van der Waals surface area contributed by atoms with Gasteiger partial charge in [-0.3, -0.25) is 14.6 Å². The molecule has 2 aromatic heterocycles. The Hall–Kier alpha value is -3.36. The fraction of sp³-hybridized carbons (Fsp3) is 0.520. The molecule has 3 heterocycles. The fourth-order valence-corrected chi connectivity index (χ4v) is 5.12. The van der Waals surface area contributed by atoms with E-state index in [1.165, 1.54) is 6.08 Å². The van der Waals surface area contributed by atoms with E-state index < -0.39 is 0 Å². The van der Waals surface area contributed by atoms with E-state index in [0.717, 1.165) is 30.9 Å². The second kappa shape index (κ2) is 9.48. The highest BCUT2D eigenvalue weighted by atomic mass is 16.5. The Morgan fingerprint density at radius 1 is 1.38 bits per heavy atom. The predicted molar refractivity (Wildman–Crippen MR) is 134 cm³/mol. The van der Waals surface area contributed by atoms with Gasteiger partial charge >= 0.3 is 0 Å². The van der Waals surface area contributed by atoms with Crippen molar-refractivity contribution in [2.24, 2.45) is 22.7 Å². The second-order valence-electron chi connectivity index (χ2n) is 9.27. The molecule has 9 heteroatoms. The highest BCUT2D eigenvalue weighted by molar-refractivity contribution is 5.99. The first kappa shape index (κ1) is 23.8. The van der Waals surface area contributed by atoms with Crippen molar-refractivity contribution >= 4 is 28.5 Å². The topological polar surface area (TPSA) is 93.8 Å². The van der Waals surface area contributed by atoms with Gasteiger partial charge in [-0.15, -0.1) is 0 Å². The lowest BCUT2D eigenvalue weighted by Crippen LogP contribution is -2.31. The molecule has 2 aromatic rings.